The summed E-state index contributed by atoms with van der Waals surface area (Å²) in [6, 6.07) is 13.6. The first-order valence-corrected chi connectivity index (χ1v) is 9.47. The molecule has 0 bridgehead atoms. The Hall–Kier alpha value is -2.90. The highest BCUT2D eigenvalue weighted by atomic mass is 16.5. The maximum atomic E-state index is 12.7. The van der Waals surface area contributed by atoms with E-state index in [2.05, 4.69) is 15.3 Å². The molecule has 7 nitrogen and oxygen atoms in total. The van der Waals surface area contributed by atoms with Gasteiger partial charge in [-0.1, -0.05) is 18.2 Å². The molecule has 0 saturated carbocycles. The predicted molar refractivity (Wildman–Crippen MR) is 104 cm³/mol. The van der Waals surface area contributed by atoms with Gasteiger partial charge >= 0.3 is 0 Å². The topological polar surface area (TPSA) is 72.5 Å². The molecule has 0 aliphatic carbocycles. The molecule has 1 atom stereocenters. The van der Waals surface area contributed by atoms with Crippen LogP contribution in [0.3, 0.4) is 0 Å². The van der Waals surface area contributed by atoms with E-state index in [4.69, 9.17) is 9.15 Å². The summed E-state index contributed by atoms with van der Waals surface area (Å²) in [4.78, 5) is 15.0. The first-order valence-electron chi connectivity index (χ1n) is 9.47. The minimum atomic E-state index is -0.149. The van der Waals surface area contributed by atoms with Crippen LogP contribution in [0.25, 0.3) is 5.69 Å². The molecule has 2 aromatic heterocycles. The van der Waals surface area contributed by atoms with Gasteiger partial charge in [0.1, 0.15) is 11.5 Å². The summed E-state index contributed by atoms with van der Waals surface area (Å²) in [5, 5.41) is 7.33. The van der Waals surface area contributed by atoms with Crippen LogP contribution in [-0.4, -0.2) is 53.4 Å². The highest BCUT2D eigenvalue weighted by Gasteiger charge is 2.26. The summed E-state index contributed by atoms with van der Waals surface area (Å²) >= 11 is 0. The zero-order valence-corrected chi connectivity index (χ0v) is 15.9. The molecule has 1 amide bonds. The molecule has 1 aromatic carbocycles. The second-order valence-electron chi connectivity index (χ2n) is 6.83. The molecular formula is C21H24N4O3. The Morgan fingerprint density at radius 2 is 1.96 bits per heavy atom. The Morgan fingerprint density at radius 1 is 1.18 bits per heavy atom. The Balaban J connectivity index is 1.45. The van der Waals surface area contributed by atoms with Crippen molar-refractivity contribution in [2.45, 2.75) is 13.0 Å². The van der Waals surface area contributed by atoms with Crippen LogP contribution in [0.1, 0.15) is 27.9 Å². The van der Waals surface area contributed by atoms with Gasteiger partial charge in [-0.2, -0.15) is 5.10 Å². The molecule has 1 aliphatic heterocycles. The van der Waals surface area contributed by atoms with Crippen molar-refractivity contribution in [2.75, 3.05) is 32.8 Å². The number of hydrogen-bond donors (Lipinski definition) is 1. The number of amides is 1. The first kappa shape index (κ1) is 18.5. The minimum absolute atomic E-state index is 0.0225. The number of para-hydroxylation sites is 1. The van der Waals surface area contributed by atoms with Crippen LogP contribution in [-0.2, 0) is 4.74 Å². The number of hydrogen-bond acceptors (Lipinski definition) is 5. The molecule has 146 valence electrons. The van der Waals surface area contributed by atoms with Gasteiger partial charge in [-0.25, -0.2) is 4.68 Å². The third kappa shape index (κ3) is 4.16. The summed E-state index contributed by atoms with van der Waals surface area (Å²) in [7, 11) is 0. The third-order valence-corrected chi connectivity index (χ3v) is 4.90. The van der Waals surface area contributed by atoms with E-state index in [9.17, 15) is 4.79 Å². The summed E-state index contributed by atoms with van der Waals surface area (Å²) < 4.78 is 13.0. The van der Waals surface area contributed by atoms with E-state index in [0.29, 0.717) is 25.3 Å². The molecule has 0 radical (unpaired) electrons. The zero-order valence-electron chi connectivity index (χ0n) is 15.9. The monoisotopic (exact) mass is 380 g/mol. The quantitative estimate of drug-likeness (QED) is 0.712. The van der Waals surface area contributed by atoms with Crippen molar-refractivity contribution < 1.29 is 13.9 Å². The van der Waals surface area contributed by atoms with Crippen LogP contribution in [0.2, 0.25) is 0 Å². The number of carbonyl (C=O) groups excluding carboxylic acids is 1. The van der Waals surface area contributed by atoms with Gasteiger partial charge in [-0.3, -0.25) is 9.69 Å². The number of aromatic nitrogens is 2. The van der Waals surface area contributed by atoms with Crippen LogP contribution in [0.5, 0.6) is 0 Å². The predicted octanol–water partition coefficient (Wildman–Crippen LogP) is 2.58. The lowest BCUT2D eigenvalue weighted by molar-refractivity contribution is 0.0117. The standard InChI is InChI=1S/C21H24N4O3/c1-16-7-8-20(28-16)19(24-9-11-27-12-10-24)14-22-21(26)17-13-23-25(15-17)18-5-3-2-4-6-18/h2-8,13,15,19H,9-12,14H2,1H3,(H,22,26). The fraction of sp³-hybridized carbons (Fsp3) is 0.333. The maximum absolute atomic E-state index is 12.7. The van der Waals surface area contributed by atoms with Gasteiger partial charge in [-0.15, -0.1) is 0 Å². The molecule has 1 aliphatic rings. The smallest absolute Gasteiger partial charge is 0.254 e. The molecule has 1 unspecified atom stereocenters. The molecule has 0 spiro atoms. The normalized spacial score (nSPS) is 16.0. The van der Waals surface area contributed by atoms with E-state index in [0.717, 1.165) is 30.3 Å². The third-order valence-electron chi connectivity index (χ3n) is 4.90. The molecule has 1 saturated heterocycles. The average molecular weight is 380 g/mol. The van der Waals surface area contributed by atoms with E-state index < -0.39 is 0 Å². The molecule has 3 heterocycles. The highest BCUT2D eigenvalue weighted by Crippen LogP contribution is 2.23. The Labute approximate surface area is 163 Å². The SMILES string of the molecule is Cc1ccc(C(CNC(=O)c2cnn(-c3ccccc3)c2)N2CCOCC2)o1. The van der Waals surface area contributed by atoms with Crippen molar-refractivity contribution >= 4 is 5.91 Å². The van der Waals surface area contributed by atoms with Gasteiger partial charge in [0, 0.05) is 25.8 Å². The van der Waals surface area contributed by atoms with Crippen LogP contribution in [0.4, 0.5) is 0 Å². The van der Waals surface area contributed by atoms with E-state index in [1.54, 1.807) is 17.1 Å². The van der Waals surface area contributed by atoms with Gasteiger partial charge in [0.15, 0.2) is 0 Å². The fourth-order valence-corrected chi connectivity index (χ4v) is 3.38. The summed E-state index contributed by atoms with van der Waals surface area (Å²) in [5.41, 5.74) is 1.44. The molecule has 7 heteroatoms. The van der Waals surface area contributed by atoms with Crippen molar-refractivity contribution in [2.24, 2.45) is 0 Å². The maximum Gasteiger partial charge on any atom is 0.254 e. The number of morpholine rings is 1. The highest BCUT2D eigenvalue weighted by molar-refractivity contribution is 5.93. The summed E-state index contributed by atoms with van der Waals surface area (Å²) in [5.74, 6) is 1.58. The number of benzene rings is 1. The zero-order chi connectivity index (χ0) is 19.3. The average Bonchev–Trinajstić information content (AvgIpc) is 3.39. The van der Waals surface area contributed by atoms with Crippen molar-refractivity contribution in [1.82, 2.24) is 20.0 Å². The number of carbonyl (C=O) groups is 1. The van der Waals surface area contributed by atoms with Gasteiger partial charge in [0.2, 0.25) is 0 Å². The summed E-state index contributed by atoms with van der Waals surface area (Å²) in [6.07, 6.45) is 3.33. The summed E-state index contributed by atoms with van der Waals surface area (Å²) in [6.45, 7) is 5.39. The largest absolute Gasteiger partial charge is 0.465 e. The van der Waals surface area contributed by atoms with Crippen LogP contribution in [0, 0.1) is 6.92 Å². The Morgan fingerprint density at radius 3 is 2.68 bits per heavy atom. The van der Waals surface area contributed by atoms with Crippen molar-refractivity contribution in [3.8, 4) is 5.69 Å². The molecule has 4 rings (SSSR count). The fourth-order valence-electron chi connectivity index (χ4n) is 3.38. The van der Waals surface area contributed by atoms with Crippen LogP contribution >= 0.6 is 0 Å². The number of nitrogens with one attached hydrogen (secondary N) is 1. The van der Waals surface area contributed by atoms with Crippen molar-refractivity contribution in [3.05, 3.63) is 71.9 Å². The van der Waals surface area contributed by atoms with Gasteiger partial charge in [0.25, 0.3) is 5.91 Å². The lowest BCUT2D eigenvalue weighted by Gasteiger charge is -2.33. The van der Waals surface area contributed by atoms with Crippen LogP contribution < -0.4 is 5.32 Å². The molecule has 3 aromatic rings. The molecule has 28 heavy (non-hydrogen) atoms. The molecule has 1 N–H and O–H groups in total. The Kier molecular flexibility index (Phi) is 5.55. The minimum Gasteiger partial charge on any atom is -0.465 e. The number of nitrogens with zero attached hydrogens (tertiary/aromatic N) is 3. The lowest BCUT2D eigenvalue weighted by Crippen LogP contribution is -2.43. The van der Waals surface area contributed by atoms with E-state index in [1.807, 2.05) is 49.4 Å². The lowest BCUT2D eigenvalue weighted by atomic mass is 10.1. The van der Waals surface area contributed by atoms with Crippen molar-refractivity contribution in [3.63, 3.8) is 0 Å². The van der Waals surface area contributed by atoms with Crippen molar-refractivity contribution in [1.29, 1.82) is 0 Å². The Bertz CT molecular complexity index is 913. The van der Waals surface area contributed by atoms with E-state index in [1.165, 1.54) is 0 Å². The van der Waals surface area contributed by atoms with Gasteiger partial charge < -0.3 is 14.5 Å². The number of furan rings is 1. The number of ether oxygens (including phenoxy) is 1. The van der Waals surface area contributed by atoms with Gasteiger partial charge in [0.05, 0.1) is 36.7 Å². The molecular weight excluding hydrogens is 356 g/mol. The van der Waals surface area contributed by atoms with Gasteiger partial charge in [-0.05, 0) is 31.2 Å². The van der Waals surface area contributed by atoms with Crippen LogP contribution in [0.15, 0.2) is 59.3 Å². The second-order valence-corrected chi connectivity index (χ2v) is 6.83. The molecule has 1 fully saturated rings. The second kappa shape index (κ2) is 8.41. The number of rotatable bonds is 6. The van der Waals surface area contributed by atoms with E-state index >= 15 is 0 Å². The first-order chi connectivity index (χ1) is 13.7. The van der Waals surface area contributed by atoms with E-state index in [-0.39, 0.29) is 11.9 Å². The number of aryl methyl sites for hydroxylation is 1.